The Morgan fingerprint density at radius 2 is 2.15 bits per heavy atom. The van der Waals surface area contributed by atoms with E-state index in [0.717, 1.165) is 12.1 Å². The van der Waals surface area contributed by atoms with Gasteiger partial charge in [0.15, 0.2) is 0 Å². The van der Waals surface area contributed by atoms with Gasteiger partial charge in [-0.2, -0.15) is 13.2 Å². The Hall–Kier alpha value is -2.61. The quantitative estimate of drug-likeness (QED) is 0.876. The van der Waals surface area contributed by atoms with Crippen LogP contribution in [0, 0.1) is 6.07 Å². The van der Waals surface area contributed by atoms with Crippen LogP contribution >= 0.6 is 0 Å². The Bertz CT molecular complexity index is 798. The van der Waals surface area contributed by atoms with Crippen LogP contribution in [-0.4, -0.2) is 28.6 Å². The number of hydrogen-bond donors (Lipinski definition) is 2. The van der Waals surface area contributed by atoms with Gasteiger partial charge in [0, 0.05) is 25.2 Å². The Labute approximate surface area is 148 Å². The summed E-state index contributed by atoms with van der Waals surface area (Å²) in [4.78, 5) is 17.7. The maximum absolute atomic E-state index is 13.0. The van der Waals surface area contributed by atoms with Crippen molar-refractivity contribution in [2.75, 3.05) is 11.4 Å². The highest BCUT2D eigenvalue weighted by molar-refractivity contribution is 5.83. The number of piperidine rings is 1. The zero-order valence-electron chi connectivity index (χ0n) is 13.7. The number of benzene rings is 1. The molecule has 8 heteroatoms. The first-order valence-corrected chi connectivity index (χ1v) is 7.99. The summed E-state index contributed by atoms with van der Waals surface area (Å²) < 4.78 is 38.9. The van der Waals surface area contributed by atoms with Gasteiger partial charge in [0.25, 0.3) is 0 Å². The molecule has 137 valence electrons. The number of nitrogens with zero attached hydrogens (tertiary/aromatic N) is 2. The average molecular weight is 364 g/mol. The highest BCUT2D eigenvalue weighted by Gasteiger charge is 2.43. The van der Waals surface area contributed by atoms with E-state index in [4.69, 9.17) is 5.73 Å². The number of aromatic nitrogens is 1. The molecule has 1 aromatic heterocycles. The van der Waals surface area contributed by atoms with Gasteiger partial charge in [-0.25, -0.2) is 4.98 Å². The number of carbonyl (C=O) groups is 1. The van der Waals surface area contributed by atoms with Crippen molar-refractivity contribution in [3.05, 3.63) is 59.8 Å². The molecule has 1 radical (unpaired) electrons. The fourth-order valence-electron chi connectivity index (χ4n) is 3.25. The predicted octanol–water partition coefficient (Wildman–Crippen LogP) is 2.24. The van der Waals surface area contributed by atoms with Gasteiger partial charge in [0.1, 0.15) is 11.9 Å². The normalized spacial score (nSPS) is 23.7. The summed E-state index contributed by atoms with van der Waals surface area (Å²) in [6.07, 6.45) is -3.05. The molecule has 3 rings (SSSR count). The van der Waals surface area contributed by atoms with Crippen molar-refractivity contribution in [3.63, 3.8) is 0 Å². The summed E-state index contributed by atoms with van der Waals surface area (Å²) in [5, 5.41) is 11.0. The minimum absolute atomic E-state index is 0.118. The van der Waals surface area contributed by atoms with E-state index in [1.54, 1.807) is 17.0 Å². The number of nitrogens with two attached hydrogens (primary N) is 1. The summed E-state index contributed by atoms with van der Waals surface area (Å²) in [5.74, 6) is -0.177. The second kappa shape index (κ2) is 6.60. The fraction of sp³-hybridized carbons (Fsp3) is 0.333. The van der Waals surface area contributed by atoms with Gasteiger partial charge < -0.3 is 15.7 Å². The molecule has 1 fully saturated rings. The van der Waals surface area contributed by atoms with E-state index in [1.165, 1.54) is 18.3 Å². The van der Waals surface area contributed by atoms with Crippen molar-refractivity contribution in [1.29, 1.82) is 0 Å². The lowest BCUT2D eigenvalue weighted by Gasteiger charge is -2.43. The fourth-order valence-corrected chi connectivity index (χ4v) is 3.25. The monoisotopic (exact) mass is 364 g/mol. The SMILES string of the molecule is NC(=O)C1CC(O)(c2cccc(C(F)(F)F)c2)CCN1c1cc[c]cn1. The van der Waals surface area contributed by atoms with E-state index in [9.17, 15) is 23.1 Å². The summed E-state index contributed by atoms with van der Waals surface area (Å²) in [5.41, 5.74) is 3.17. The number of hydrogen-bond acceptors (Lipinski definition) is 4. The second-order valence-corrected chi connectivity index (χ2v) is 6.29. The van der Waals surface area contributed by atoms with Crippen LogP contribution in [0.15, 0.2) is 42.6 Å². The standard InChI is InChI=1S/C18H17F3N3O2/c19-18(20,21)13-5-3-4-12(10-13)17(26)7-9-24(14(11-17)16(22)25)15-6-1-2-8-23-15/h1,3-6,8,10,14,26H,7,9,11H2,(H2,22,25). The molecule has 1 aliphatic heterocycles. The Balaban J connectivity index is 1.92. The third-order valence-electron chi connectivity index (χ3n) is 4.62. The van der Waals surface area contributed by atoms with Crippen LogP contribution in [0.5, 0.6) is 0 Å². The van der Waals surface area contributed by atoms with Crippen LogP contribution in [0.25, 0.3) is 0 Å². The molecule has 1 aliphatic rings. The van der Waals surface area contributed by atoms with Gasteiger partial charge in [-0.15, -0.1) is 0 Å². The number of rotatable bonds is 3. The highest BCUT2D eigenvalue weighted by atomic mass is 19.4. The first-order chi connectivity index (χ1) is 12.2. The van der Waals surface area contributed by atoms with Crippen molar-refractivity contribution >= 4 is 11.7 Å². The van der Waals surface area contributed by atoms with Crippen LogP contribution in [0.4, 0.5) is 19.0 Å². The van der Waals surface area contributed by atoms with E-state index in [-0.39, 0.29) is 24.9 Å². The van der Waals surface area contributed by atoms with Gasteiger partial charge in [-0.3, -0.25) is 4.79 Å². The molecule has 2 aromatic rings. The average Bonchev–Trinajstić information content (AvgIpc) is 2.62. The van der Waals surface area contributed by atoms with E-state index in [2.05, 4.69) is 11.1 Å². The predicted molar refractivity (Wildman–Crippen MR) is 88.0 cm³/mol. The minimum Gasteiger partial charge on any atom is -0.385 e. The lowest BCUT2D eigenvalue weighted by atomic mass is 9.80. The molecule has 1 aromatic carbocycles. The number of primary amides is 1. The smallest absolute Gasteiger partial charge is 0.385 e. The topological polar surface area (TPSA) is 79.5 Å². The molecule has 2 atom stereocenters. The molecule has 2 unspecified atom stereocenters. The van der Waals surface area contributed by atoms with E-state index < -0.39 is 29.3 Å². The largest absolute Gasteiger partial charge is 0.416 e. The highest BCUT2D eigenvalue weighted by Crippen LogP contribution is 2.39. The van der Waals surface area contributed by atoms with Gasteiger partial charge in [0.2, 0.25) is 5.91 Å². The van der Waals surface area contributed by atoms with Crippen LogP contribution in [0.3, 0.4) is 0 Å². The summed E-state index contributed by atoms with van der Waals surface area (Å²) >= 11 is 0. The molecule has 1 amide bonds. The summed E-state index contributed by atoms with van der Waals surface area (Å²) in [6.45, 7) is 0.220. The number of carbonyl (C=O) groups excluding carboxylic acids is 1. The summed E-state index contributed by atoms with van der Waals surface area (Å²) in [7, 11) is 0. The van der Waals surface area contributed by atoms with Crippen molar-refractivity contribution in [2.24, 2.45) is 5.73 Å². The van der Waals surface area contributed by atoms with Gasteiger partial charge >= 0.3 is 6.18 Å². The molecule has 3 N–H and O–H groups in total. The van der Waals surface area contributed by atoms with E-state index >= 15 is 0 Å². The van der Waals surface area contributed by atoms with Crippen LogP contribution < -0.4 is 10.6 Å². The third kappa shape index (κ3) is 3.50. The Morgan fingerprint density at radius 1 is 1.38 bits per heavy atom. The Kier molecular flexibility index (Phi) is 4.62. The van der Waals surface area contributed by atoms with Crippen molar-refractivity contribution < 1.29 is 23.1 Å². The maximum atomic E-state index is 13.0. The van der Waals surface area contributed by atoms with E-state index in [1.807, 2.05) is 0 Å². The van der Waals surface area contributed by atoms with Crippen LogP contribution in [0.1, 0.15) is 24.0 Å². The van der Waals surface area contributed by atoms with Crippen molar-refractivity contribution in [2.45, 2.75) is 30.7 Å². The van der Waals surface area contributed by atoms with E-state index in [0.29, 0.717) is 5.82 Å². The van der Waals surface area contributed by atoms with Crippen molar-refractivity contribution in [1.82, 2.24) is 4.98 Å². The van der Waals surface area contributed by atoms with Gasteiger partial charge in [0.05, 0.1) is 11.2 Å². The Morgan fingerprint density at radius 3 is 2.77 bits per heavy atom. The zero-order chi connectivity index (χ0) is 18.9. The lowest BCUT2D eigenvalue weighted by molar-refractivity contribution is -0.138. The number of amides is 1. The molecule has 0 spiro atoms. The first-order valence-electron chi connectivity index (χ1n) is 7.99. The minimum atomic E-state index is -4.51. The molecule has 26 heavy (non-hydrogen) atoms. The number of alkyl halides is 3. The maximum Gasteiger partial charge on any atom is 0.416 e. The second-order valence-electron chi connectivity index (χ2n) is 6.29. The molecule has 2 heterocycles. The molecule has 5 nitrogen and oxygen atoms in total. The number of anilines is 1. The number of pyridine rings is 1. The van der Waals surface area contributed by atoms with Gasteiger partial charge in [-0.1, -0.05) is 12.1 Å². The van der Waals surface area contributed by atoms with Crippen molar-refractivity contribution in [3.8, 4) is 0 Å². The van der Waals surface area contributed by atoms with Crippen LogP contribution in [0.2, 0.25) is 0 Å². The number of halogens is 3. The first kappa shape index (κ1) is 18.2. The molecular weight excluding hydrogens is 347 g/mol. The lowest BCUT2D eigenvalue weighted by Crippen LogP contribution is -2.55. The molecule has 1 saturated heterocycles. The molecule has 0 bridgehead atoms. The van der Waals surface area contributed by atoms with Crippen LogP contribution in [-0.2, 0) is 16.6 Å². The molecule has 0 saturated carbocycles. The molecule has 0 aliphatic carbocycles. The summed E-state index contributed by atoms with van der Waals surface area (Å²) in [6, 6.07) is 9.71. The molecular formula is C18H17F3N3O2. The van der Waals surface area contributed by atoms with Gasteiger partial charge in [-0.05, 0) is 36.2 Å². The third-order valence-corrected chi connectivity index (χ3v) is 4.62. The number of aliphatic hydroxyl groups is 1. The zero-order valence-corrected chi connectivity index (χ0v) is 13.7.